The molecule has 0 saturated carbocycles. The van der Waals surface area contributed by atoms with Gasteiger partial charge in [-0.3, -0.25) is 4.90 Å². The minimum atomic E-state index is -0.0619. The van der Waals surface area contributed by atoms with Crippen LogP contribution in [0.3, 0.4) is 0 Å². The van der Waals surface area contributed by atoms with Gasteiger partial charge in [-0.2, -0.15) is 5.26 Å². The van der Waals surface area contributed by atoms with Crippen LogP contribution in [0.25, 0.3) is 0 Å². The highest BCUT2D eigenvalue weighted by molar-refractivity contribution is 6.32. The maximum atomic E-state index is 9.03. The lowest BCUT2D eigenvalue weighted by Crippen LogP contribution is -2.39. The van der Waals surface area contributed by atoms with Gasteiger partial charge in [-0.1, -0.05) is 35.9 Å². The van der Waals surface area contributed by atoms with Gasteiger partial charge in [-0.15, -0.1) is 0 Å². The second-order valence-electron chi connectivity index (χ2n) is 7.15. The molecule has 1 aliphatic carbocycles. The summed E-state index contributed by atoms with van der Waals surface area (Å²) < 4.78 is 6.41. The standard InChI is InChI=1S/C21H22ClN3O/c22-18-9-14(11-23)5-6-20(18)26-21-17-4-2-1-3-16(17)10-19(21)25-8-7-15(12-24)13-25/h1-6,9,15,19,21H,7-8,10,12-13,24H2/t15?,19-,21-/m1/s1. The number of nitrogens with two attached hydrogens (primary N) is 1. The average molecular weight is 368 g/mol. The van der Waals surface area contributed by atoms with Crippen LogP contribution in [0.1, 0.15) is 29.2 Å². The van der Waals surface area contributed by atoms with Crippen LogP contribution >= 0.6 is 11.6 Å². The van der Waals surface area contributed by atoms with Gasteiger partial charge in [0, 0.05) is 6.54 Å². The van der Waals surface area contributed by atoms with Crippen LogP contribution in [0.2, 0.25) is 5.02 Å². The van der Waals surface area contributed by atoms with E-state index in [0.29, 0.717) is 22.3 Å². The van der Waals surface area contributed by atoms with Gasteiger partial charge in [0.25, 0.3) is 0 Å². The van der Waals surface area contributed by atoms with Gasteiger partial charge in [0.05, 0.1) is 22.7 Å². The molecular formula is C21H22ClN3O. The monoisotopic (exact) mass is 367 g/mol. The van der Waals surface area contributed by atoms with Crippen molar-refractivity contribution in [2.75, 3.05) is 19.6 Å². The third kappa shape index (κ3) is 3.19. The van der Waals surface area contributed by atoms with Crippen LogP contribution in [0.15, 0.2) is 42.5 Å². The summed E-state index contributed by atoms with van der Waals surface area (Å²) in [6, 6.07) is 16.1. The molecule has 5 heteroatoms. The molecule has 0 radical (unpaired) electrons. The normalized spacial score (nSPS) is 25.0. The van der Waals surface area contributed by atoms with Crippen molar-refractivity contribution >= 4 is 11.6 Å². The van der Waals surface area contributed by atoms with E-state index in [4.69, 9.17) is 27.3 Å². The van der Waals surface area contributed by atoms with Crippen LogP contribution in [-0.2, 0) is 6.42 Å². The van der Waals surface area contributed by atoms with Crippen LogP contribution in [0.4, 0.5) is 0 Å². The third-order valence-corrected chi connectivity index (χ3v) is 5.87. The number of nitriles is 1. The molecule has 2 N–H and O–H groups in total. The molecule has 2 aromatic rings. The number of halogens is 1. The van der Waals surface area contributed by atoms with Crippen molar-refractivity contribution < 1.29 is 4.74 Å². The molecule has 1 saturated heterocycles. The average Bonchev–Trinajstić information content (AvgIpc) is 3.28. The lowest BCUT2D eigenvalue weighted by atomic mass is 10.1. The minimum absolute atomic E-state index is 0.0619. The van der Waals surface area contributed by atoms with Crippen LogP contribution < -0.4 is 10.5 Å². The summed E-state index contributed by atoms with van der Waals surface area (Å²) in [7, 11) is 0. The Morgan fingerprint density at radius 3 is 2.85 bits per heavy atom. The zero-order valence-electron chi connectivity index (χ0n) is 14.6. The van der Waals surface area contributed by atoms with Gasteiger partial charge < -0.3 is 10.5 Å². The molecule has 0 amide bonds. The maximum absolute atomic E-state index is 9.03. The predicted molar refractivity (Wildman–Crippen MR) is 102 cm³/mol. The van der Waals surface area contributed by atoms with Crippen molar-refractivity contribution in [3.8, 4) is 11.8 Å². The number of benzene rings is 2. The largest absolute Gasteiger partial charge is 0.482 e. The quantitative estimate of drug-likeness (QED) is 0.897. The Labute approximate surface area is 159 Å². The number of nitrogens with zero attached hydrogens (tertiary/aromatic N) is 2. The van der Waals surface area contributed by atoms with E-state index in [1.165, 1.54) is 11.1 Å². The SMILES string of the molecule is N#Cc1ccc(O[C@@H]2c3ccccc3C[C@H]2N2CCC(CN)C2)c(Cl)c1. The Kier molecular flexibility index (Phi) is 4.86. The summed E-state index contributed by atoms with van der Waals surface area (Å²) in [6.45, 7) is 2.82. The first-order valence-corrected chi connectivity index (χ1v) is 9.45. The molecule has 0 bridgehead atoms. The number of likely N-dealkylation sites (tertiary alicyclic amines) is 1. The van der Waals surface area contributed by atoms with Crippen molar-refractivity contribution in [1.82, 2.24) is 4.90 Å². The zero-order valence-corrected chi connectivity index (χ0v) is 15.3. The van der Waals surface area contributed by atoms with Crippen molar-refractivity contribution in [1.29, 1.82) is 5.26 Å². The first kappa shape index (κ1) is 17.4. The van der Waals surface area contributed by atoms with Gasteiger partial charge >= 0.3 is 0 Å². The smallest absolute Gasteiger partial charge is 0.140 e. The van der Waals surface area contributed by atoms with E-state index in [-0.39, 0.29) is 12.1 Å². The third-order valence-electron chi connectivity index (χ3n) is 5.57. The molecule has 3 atom stereocenters. The molecule has 1 heterocycles. The summed E-state index contributed by atoms with van der Waals surface area (Å²) in [5, 5.41) is 9.51. The fourth-order valence-electron chi connectivity index (χ4n) is 4.16. The maximum Gasteiger partial charge on any atom is 0.140 e. The number of hydrogen-bond donors (Lipinski definition) is 1. The fourth-order valence-corrected chi connectivity index (χ4v) is 4.38. The molecule has 4 nitrogen and oxygen atoms in total. The molecule has 0 aromatic heterocycles. The molecule has 2 aliphatic rings. The summed E-state index contributed by atoms with van der Waals surface area (Å²) in [6.07, 6.45) is 2.06. The molecule has 1 aliphatic heterocycles. The van der Waals surface area contributed by atoms with E-state index in [1.807, 2.05) is 0 Å². The highest BCUT2D eigenvalue weighted by atomic mass is 35.5. The zero-order chi connectivity index (χ0) is 18.1. The predicted octanol–water partition coefficient (Wildman–Crippen LogP) is 3.54. The van der Waals surface area contributed by atoms with E-state index in [2.05, 4.69) is 35.2 Å². The first-order valence-electron chi connectivity index (χ1n) is 9.08. The van der Waals surface area contributed by atoms with Crippen molar-refractivity contribution in [3.05, 3.63) is 64.2 Å². The Balaban J connectivity index is 1.63. The van der Waals surface area contributed by atoms with Crippen molar-refractivity contribution in [2.24, 2.45) is 11.7 Å². The summed E-state index contributed by atoms with van der Waals surface area (Å²) >= 11 is 6.36. The molecule has 134 valence electrons. The molecule has 1 unspecified atom stereocenters. The lowest BCUT2D eigenvalue weighted by molar-refractivity contribution is 0.0918. The Bertz CT molecular complexity index is 847. The topological polar surface area (TPSA) is 62.3 Å². The molecule has 0 spiro atoms. The Morgan fingerprint density at radius 1 is 1.27 bits per heavy atom. The number of ether oxygens (including phenoxy) is 1. The second-order valence-corrected chi connectivity index (χ2v) is 7.56. The van der Waals surface area contributed by atoms with Gasteiger partial charge in [-0.05, 0) is 61.2 Å². The minimum Gasteiger partial charge on any atom is -0.482 e. The molecule has 26 heavy (non-hydrogen) atoms. The lowest BCUT2D eigenvalue weighted by Gasteiger charge is -2.30. The van der Waals surface area contributed by atoms with Gasteiger partial charge in [-0.25, -0.2) is 0 Å². The molecule has 1 fully saturated rings. The first-order chi connectivity index (χ1) is 12.7. The highest BCUT2D eigenvalue weighted by Crippen LogP contribution is 2.41. The van der Waals surface area contributed by atoms with Gasteiger partial charge in [0.1, 0.15) is 11.9 Å². The fraction of sp³-hybridized carbons (Fsp3) is 0.381. The second kappa shape index (κ2) is 7.28. The van der Waals surface area contributed by atoms with E-state index >= 15 is 0 Å². The van der Waals surface area contributed by atoms with Crippen molar-refractivity contribution in [2.45, 2.75) is 25.0 Å². The number of rotatable bonds is 4. The van der Waals surface area contributed by atoms with E-state index < -0.39 is 0 Å². The molecule has 2 aromatic carbocycles. The summed E-state index contributed by atoms with van der Waals surface area (Å²) in [4.78, 5) is 2.51. The van der Waals surface area contributed by atoms with Gasteiger partial charge in [0.2, 0.25) is 0 Å². The van der Waals surface area contributed by atoms with E-state index in [9.17, 15) is 0 Å². The number of fused-ring (bicyclic) bond motifs is 1. The van der Waals surface area contributed by atoms with E-state index in [1.54, 1.807) is 18.2 Å². The van der Waals surface area contributed by atoms with Crippen LogP contribution in [0, 0.1) is 17.2 Å². The molecular weight excluding hydrogens is 346 g/mol. The number of hydrogen-bond acceptors (Lipinski definition) is 4. The van der Waals surface area contributed by atoms with Gasteiger partial charge in [0.15, 0.2) is 0 Å². The van der Waals surface area contributed by atoms with E-state index in [0.717, 1.165) is 32.5 Å². The summed E-state index contributed by atoms with van der Waals surface area (Å²) in [5.41, 5.74) is 8.99. The summed E-state index contributed by atoms with van der Waals surface area (Å²) in [5.74, 6) is 1.20. The van der Waals surface area contributed by atoms with Crippen LogP contribution in [0.5, 0.6) is 5.75 Å². The Morgan fingerprint density at radius 2 is 2.12 bits per heavy atom. The van der Waals surface area contributed by atoms with Crippen molar-refractivity contribution in [3.63, 3.8) is 0 Å². The molecule has 4 rings (SSSR count). The highest BCUT2D eigenvalue weighted by Gasteiger charge is 2.40. The Hall–Kier alpha value is -2.06. The van der Waals surface area contributed by atoms with Crippen LogP contribution in [-0.4, -0.2) is 30.6 Å².